The second kappa shape index (κ2) is 12.2. The van der Waals surface area contributed by atoms with Gasteiger partial charge in [0.2, 0.25) is 5.13 Å². The molecule has 0 aliphatic carbocycles. The number of ketones is 1. The number of methoxy groups -OCH3 is 2. The molecular formula is C32H24BrN3O5S2. The Morgan fingerprint density at radius 2 is 1.70 bits per heavy atom. The molecule has 6 rings (SSSR count). The number of hydrogen-bond acceptors (Lipinski definition) is 9. The number of carbonyl (C=O) groups excluding carboxylic acids is 2. The molecule has 216 valence electrons. The Bertz CT molecular complexity index is 1880. The van der Waals surface area contributed by atoms with Crippen molar-refractivity contribution < 1.29 is 24.2 Å². The Balaban J connectivity index is 1.38. The average molecular weight is 675 g/mol. The minimum Gasteiger partial charge on any atom is -0.507 e. The average Bonchev–Trinajstić information content (AvgIpc) is 3.61. The maximum absolute atomic E-state index is 13.6. The summed E-state index contributed by atoms with van der Waals surface area (Å²) in [7, 11) is 2.99. The number of halogens is 1. The third-order valence-electron chi connectivity index (χ3n) is 7.12. The molecule has 0 saturated carbocycles. The van der Waals surface area contributed by atoms with E-state index in [1.54, 1.807) is 30.3 Å². The minimum absolute atomic E-state index is 0.0558. The third-order valence-corrected chi connectivity index (χ3v) is 9.75. The van der Waals surface area contributed by atoms with Crippen molar-refractivity contribution in [3.8, 4) is 11.5 Å². The summed E-state index contributed by atoms with van der Waals surface area (Å²) in [4.78, 5) is 28.4. The number of aliphatic hydroxyl groups excluding tert-OH is 1. The summed E-state index contributed by atoms with van der Waals surface area (Å²) in [6.07, 6.45) is 0. The number of ether oxygens (including phenoxy) is 2. The van der Waals surface area contributed by atoms with Gasteiger partial charge in [-0.3, -0.25) is 14.5 Å². The lowest BCUT2D eigenvalue weighted by Crippen LogP contribution is -2.29. The van der Waals surface area contributed by atoms with Crippen LogP contribution in [-0.4, -0.2) is 41.2 Å². The zero-order valence-electron chi connectivity index (χ0n) is 23.0. The van der Waals surface area contributed by atoms with Crippen molar-refractivity contribution in [1.29, 1.82) is 0 Å². The molecule has 43 heavy (non-hydrogen) atoms. The first-order valence-corrected chi connectivity index (χ1v) is 15.7. The van der Waals surface area contributed by atoms with Crippen molar-refractivity contribution in [2.45, 2.75) is 16.1 Å². The number of nitrogens with zero attached hydrogens (tertiary/aromatic N) is 3. The van der Waals surface area contributed by atoms with Crippen molar-refractivity contribution in [2.75, 3.05) is 19.1 Å². The van der Waals surface area contributed by atoms with Gasteiger partial charge in [0.05, 0.1) is 25.8 Å². The van der Waals surface area contributed by atoms with E-state index in [0.29, 0.717) is 32.7 Å². The van der Waals surface area contributed by atoms with Crippen LogP contribution in [0.4, 0.5) is 5.13 Å². The van der Waals surface area contributed by atoms with Gasteiger partial charge in [0.15, 0.2) is 15.8 Å². The van der Waals surface area contributed by atoms with Gasteiger partial charge in [-0.25, -0.2) is 0 Å². The number of carbonyl (C=O) groups is 2. The van der Waals surface area contributed by atoms with E-state index in [2.05, 4.69) is 50.4 Å². The molecular weight excluding hydrogens is 650 g/mol. The van der Waals surface area contributed by atoms with Gasteiger partial charge in [-0.1, -0.05) is 93.6 Å². The highest BCUT2D eigenvalue weighted by Crippen LogP contribution is 2.45. The fourth-order valence-corrected chi connectivity index (χ4v) is 7.18. The molecule has 1 aliphatic rings. The Morgan fingerprint density at radius 1 is 0.953 bits per heavy atom. The number of aromatic nitrogens is 2. The number of benzene rings is 4. The summed E-state index contributed by atoms with van der Waals surface area (Å²) in [6.45, 7) is 0. The lowest BCUT2D eigenvalue weighted by atomic mass is 9.95. The van der Waals surface area contributed by atoms with Crippen LogP contribution < -0.4 is 14.4 Å². The molecule has 8 nitrogen and oxygen atoms in total. The molecule has 1 amide bonds. The van der Waals surface area contributed by atoms with E-state index >= 15 is 0 Å². The molecule has 0 spiro atoms. The summed E-state index contributed by atoms with van der Waals surface area (Å²) in [5, 5.41) is 22.7. The standard InChI is InChI=1S/C32H24BrN3O5S2/c1-40-24-15-12-20(16-25(24)41-2)28(37)26-27(19-10-13-22(33)14-11-19)36(30(39)29(26)38)31-34-35-32(43-31)42-17-21-8-5-7-18-6-3-4-9-23(18)21/h3-16,27,37H,17H2,1-2H3/b28-26-. The van der Waals surface area contributed by atoms with Crippen LogP contribution in [0.2, 0.25) is 0 Å². The molecule has 1 unspecified atom stereocenters. The van der Waals surface area contributed by atoms with Crippen LogP contribution in [0.15, 0.2) is 99.3 Å². The molecule has 1 atom stereocenters. The molecule has 1 N–H and O–H groups in total. The fourth-order valence-electron chi connectivity index (χ4n) is 5.05. The molecule has 0 bridgehead atoms. The first-order valence-electron chi connectivity index (χ1n) is 13.1. The van der Waals surface area contributed by atoms with Gasteiger partial charge in [-0.15, -0.1) is 10.2 Å². The van der Waals surface area contributed by atoms with Crippen LogP contribution >= 0.6 is 39.0 Å². The highest BCUT2D eigenvalue weighted by atomic mass is 79.9. The number of anilines is 1. The maximum Gasteiger partial charge on any atom is 0.301 e. The number of fused-ring (bicyclic) bond motifs is 1. The van der Waals surface area contributed by atoms with Crippen molar-refractivity contribution >= 4 is 72.4 Å². The molecule has 1 aromatic heterocycles. The largest absolute Gasteiger partial charge is 0.507 e. The summed E-state index contributed by atoms with van der Waals surface area (Å²) in [5.74, 6) is -0.448. The summed E-state index contributed by atoms with van der Waals surface area (Å²) < 4.78 is 12.2. The second-order valence-electron chi connectivity index (χ2n) is 9.57. The molecule has 1 fully saturated rings. The van der Waals surface area contributed by atoms with E-state index in [1.807, 2.05) is 30.3 Å². The van der Waals surface area contributed by atoms with Crippen LogP contribution in [-0.2, 0) is 15.3 Å². The van der Waals surface area contributed by atoms with Gasteiger partial charge in [-0.2, -0.15) is 0 Å². The SMILES string of the molecule is COc1ccc(/C(O)=C2/C(=O)C(=O)N(c3nnc(SCc4cccc5ccccc45)s3)C2c2ccc(Br)cc2)cc1OC. The predicted octanol–water partition coefficient (Wildman–Crippen LogP) is 7.39. The molecule has 1 aliphatic heterocycles. The Kier molecular flexibility index (Phi) is 8.20. The first kappa shape index (κ1) is 28.9. The summed E-state index contributed by atoms with van der Waals surface area (Å²) in [5.41, 5.74) is 2.04. The normalized spacial score (nSPS) is 16.2. The predicted molar refractivity (Wildman–Crippen MR) is 172 cm³/mol. The van der Waals surface area contributed by atoms with E-state index in [1.165, 1.54) is 47.6 Å². The summed E-state index contributed by atoms with van der Waals surface area (Å²) in [6, 6.07) is 25.5. The molecule has 1 saturated heterocycles. The van der Waals surface area contributed by atoms with Crippen LogP contribution in [0, 0.1) is 0 Å². The third kappa shape index (κ3) is 5.51. The van der Waals surface area contributed by atoms with Crippen LogP contribution in [0.1, 0.15) is 22.7 Å². The highest BCUT2D eigenvalue weighted by molar-refractivity contribution is 9.10. The molecule has 0 radical (unpaired) electrons. The molecule has 5 aromatic rings. The molecule has 11 heteroatoms. The molecule has 4 aromatic carbocycles. The van der Waals surface area contributed by atoms with E-state index in [9.17, 15) is 14.7 Å². The summed E-state index contributed by atoms with van der Waals surface area (Å²) >= 11 is 6.18. The Labute approximate surface area is 264 Å². The van der Waals surface area contributed by atoms with Gasteiger partial charge in [0.1, 0.15) is 5.76 Å². The van der Waals surface area contributed by atoms with E-state index < -0.39 is 17.7 Å². The van der Waals surface area contributed by atoms with E-state index in [-0.39, 0.29) is 16.5 Å². The fraction of sp³-hybridized carbons (Fsp3) is 0.125. The number of aliphatic hydroxyl groups is 1. The highest BCUT2D eigenvalue weighted by Gasteiger charge is 2.48. The number of amides is 1. The van der Waals surface area contributed by atoms with Gasteiger partial charge in [-0.05, 0) is 52.2 Å². The van der Waals surface area contributed by atoms with E-state index in [4.69, 9.17) is 9.47 Å². The topological polar surface area (TPSA) is 102 Å². The van der Waals surface area contributed by atoms with Crippen LogP contribution in [0.25, 0.3) is 16.5 Å². The number of rotatable bonds is 8. The van der Waals surface area contributed by atoms with Gasteiger partial charge in [0.25, 0.3) is 5.78 Å². The van der Waals surface area contributed by atoms with Crippen molar-refractivity contribution in [1.82, 2.24) is 10.2 Å². The number of hydrogen-bond donors (Lipinski definition) is 1. The number of Topliss-reactive ketones (excluding diaryl/α,β-unsaturated/α-hetero) is 1. The monoisotopic (exact) mass is 673 g/mol. The van der Waals surface area contributed by atoms with Crippen LogP contribution in [0.3, 0.4) is 0 Å². The molecule has 2 heterocycles. The lowest BCUT2D eigenvalue weighted by Gasteiger charge is -2.22. The minimum atomic E-state index is -0.926. The van der Waals surface area contributed by atoms with Gasteiger partial charge in [0, 0.05) is 15.8 Å². The maximum atomic E-state index is 13.6. The van der Waals surface area contributed by atoms with Gasteiger partial charge >= 0.3 is 5.91 Å². The smallest absolute Gasteiger partial charge is 0.301 e. The van der Waals surface area contributed by atoms with E-state index in [0.717, 1.165) is 15.4 Å². The Morgan fingerprint density at radius 3 is 2.47 bits per heavy atom. The quantitative estimate of drug-likeness (QED) is 0.0598. The van der Waals surface area contributed by atoms with Gasteiger partial charge < -0.3 is 14.6 Å². The van der Waals surface area contributed by atoms with Crippen molar-refractivity contribution in [3.63, 3.8) is 0 Å². The second-order valence-corrected chi connectivity index (χ2v) is 12.7. The van der Waals surface area contributed by atoms with Crippen molar-refractivity contribution in [2.24, 2.45) is 0 Å². The Hall–Kier alpha value is -4.19. The zero-order valence-corrected chi connectivity index (χ0v) is 26.2. The zero-order chi connectivity index (χ0) is 30.1. The first-order chi connectivity index (χ1) is 20.9. The number of thioether (sulfide) groups is 1. The van der Waals surface area contributed by atoms with Crippen LogP contribution in [0.5, 0.6) is 11.5 Å². The lowest BCUT2D eigenvalue weighted by molar-refractivity contribution is -0.132. The van der Waals surface area contributed by atoms with Crippen molar-refractivity contribution in [3.05, 3.63) is 112 Å².